The summed E-state index contributed by atoms with van der Waals surface area (Å²) in [6.45, 7) is -0.881. The van der Waals surface area contributed by atoms with Crippen LogP contribution in [0.2, 0.25) is 5.02 Å². The van der Waals surface area contributed by atoms with Gasteiger partial charge in [-0.25, -0.2) is 9.67 Å². The van der Waals surface area contributed by atoms with Gasteiger partial charge in [-0.05, 0) is 42.7 Å². The van der Waals surface area contributed by atoms with E-state index in [2.05, 4.69) is 25.5 Å². The summed E-state index contributed by atoms with van der Waals surface area (Å²) >= 11 is 6.31. The van der Waals surface area contributed by atoms with Crippen LogP contribution in [-0.4, -0.2) is 40.0 Å². The van der Waals surface area contributed by atoms with Gasteiger partial charge in [0.25, 0.3) is 5.56 Å². The molecule has 0 unspecified atom stereocenters. The Morgan fingerprint density at radius 2 is 1.80 bits per heavy atom. The van der Waals surface area contributed by atoms with Crippen LogP contribution in [0.25, 0.3) is 33.6 Å². The molecule has 0 spiro atoms. The Hall–Kier alpha value is -4.71. The maximum absolute atomic E-state index is 13.7. The highest BCUT2D eigenvalue weighted by Gasteiger charge is 2.23. The lowest BCUT2D eigenvalue weighted by Crippen LogP contribution is -2.26. The van der Waals surface area contributed by atoms with E-state index in [-0.39, 0.29) is 17.4 Å². The number of fused-ring (bicyclic) bond motifs is 4. The molecular formula is C31H29ClF2N8O2. The number of amides is 1. The summed E-state index contributed by atoms with van der Waals surface area (Å²) in [5, 5.41) is 11.5. The van der Waals surface area contributed by atoms with Crippen molar-refractivity contribution in [3.63, 3.8) is 0 Å². The van der Waals surface area contributed by atoms with Gasteiger partial charge in [0.2, 0.25) is 5.91 Å². The Labute approximate surface area is 256 Å². The number of pyridine rings is 1. The van der Waals surface area contributed by atoms with Crippen molar-refractivity contribution in [3.05, 3.63) is 88.6 Å². The maximum Gasteiger partial charge on any atom is 0.333 e. The molecule has 0 saturated heterocycles. The average molecular weight is 619 g/mol. The van der Waals surface area contributed by atoms with Crippen LogP contribution in [0.4, 0.5) is 14.5 Å². The van der Waals surface area contributed by atoms with E-state index in [1.807, 2.05) is 19.1 Å². The van der Waals surface area contributed by atoms with Crippen molar-refractivity contribution in [2.24, 2.45) is 13.0 Å². The Balaban J connectivity index is 1.41. The minimum absolute atomic E-state index is 0.0673. The Morgan fingerprint density at radius 3 is 2.57 bits per heavy atom. The molecule has 13 heteroatoms. The molecule has 226 valence electrons. The zero-order valence-corrected chi connectivity index (χ0v) is 24.7. The third-order valence-corrected chi connectivity index (χ3v) is 8.18. The standard InChI is InChI=1S/C31H29ClF2N8O2/c1-18-5-3-4-6-27(25-11-19(9-10-35-25)29-26(39-30(18)44)15-37-40(29)2)41-17-36-24(13-28(41)43)23-12-21(32)7-8-22(23)20-14-38-42(16-20)31(33)34/h7-18,27,31H,3-6H2,1-2H3,(H,39,44)/t18-,27+/m1/s1. The average Bonchev–Trinajstić information content (AvgIpc) is 3.64. The Kier molecular flexibility index (Phi) is 8.09. The number of carbonyl (C=O) groups excluding carboxylic acids is 1. The fraction of sp³-hybridized carbons (Fsp3) is 0.290. The number of halogens is 3. The molecule has 2 bridgehead atoms. The molecule has 4 aromatic heterocycles. The van der Waals surface area contributed by atoms with Gasteiger partial charge in [-0.15, -0.1) is 0 Å². The van der Waals surface area contributed by atoms with Crippen LogP contribution >= 0.6 is 11.6 Å². The second-order valence-electron chi connectivity index (χ2n) is 10.9. The van der Waals surface area contributed by atoms with E-state index in [0.717, 1.165) is 24.1 Å². The van der Waals surface area contributed by atoms with Crippen molar-refractivity contribution in [3.8, 4) is 33.6 Å². The molecule has 6 rings (SSSR count). The van der Waals surface area contributed by atoms with Crippen LogP contribution in [-0.2, 0) is 11.8 Å². The number of aromatic nitrogens is 7. The molecule has 1 aliphatic rings. The molecule has 0 fully saturated rings. The van der Waals surface area contributed by atoms with Crippen LogP contribution in [0.15, 0.2) is 72.3 Å². The lowest BCUT2D eigenvalue weighted by atomic mass is 9.98. The Bertz CT molecular complexity index is 1900. The minimum Gasteiger partial charge on any atom is -0.323 e. The fourth-order valence-corrected chi connectivity index (χ4v) is 5.78. The Morgan fingerprint density at radius 1 is 0.977 bits per heavy atom. The molecule has 1 aliphatic heterocycles. The number of nitrogens with zero attached hydrogens (tertiary/aromatic N) is 7. The SMILES string of the molecule is C[C@@H]1CCCC[C@H](n2cnc(-c3cc(Cl)ccc3-c3cnn(C(F)F)c3)cc2=O)c2cc(ccn2)-c2c(cnn2C)NC1=O. The zero-order chi connectivity index (χ0) is 31.0. The molecule has 0 aliphatic carbocycles. The number of hydrogen-bond acceptors (Lipinski definition) is 6. The number of benzene rings is 1. The highest BCUT2D eigenvalue weighted by atomic mass is 35.5. The van der Waals surface area contributed by atoms with E-state index in [1.54, 1.807) is 46.9 Å². The lowest BCUT2D eigenvalue weighted by Gasteiger charge is -2.20. The van der Waals surface area contributed by atoms with Gasteiger partial charge < -0.3 is 5.32 Å². The maximum atomic E-state index is 13.7. The molecule has 1 aromatic carbocycles. The molecule has 0 saturated carbocycles. The first-order valence-electron chi connectivity index (χ1n) is 14.2. The topological polar surface area (TPSA) is 113 Å². The molecule has 44 heavy (non-hydrogen) atoms. The van der Waals surface area contributed by atoms with Crippen LogP contribution in [0.3, 0.4) is 0 Å². The highest BCUT2D eigenvalue weighted by molar-refractivity contribution is 6.31. The summed E-state index contributed by atoms with van der Waals surface area (Å²) in [7, 11) is 1.81. The van der Waals surface area contributed by atoms with Crippen LogP contribution in [0.5, 0.6) is 0 Å². The van der Waals surface area contributed by atoms with E-state index >= 15 is 0 Å². The van der Waals surface area contributed by atoms with Crippen molar-refractivity contribution < 1.29 is 13.6 Å². The molecule has 5 heterocycles. The molecular weight excluding hydrogens is 590 g/mol. The second-order valence-corrected chi connectivity index (χ2v) is 11.3. The minimum atomic E-state index is -2.78. The number of hydrogen-bond donors (Lipinski definition) is 1. The van der Waals surface area contributed by atoms with Gasteiger partial charge >= 0.3 is 6.55 Å². The van der Waals surface area contributed by atoms with Crippen LogP contribution in [0, 0.1) is 5.92 Å². The van der Waals surface area contributed by atoms with Crippen LogP contribution in [0.1, 0.15) is 50.9 Å². The number of aryl methyl sites for hydroxylation is 1. The second kappa shape index (κ2) is 12.1. The van der Waals surface area contributed by atoms with Crippen LogP contribution < -0.4 is 10.9 Å². The summed E-state index contributed by atoms with van der Waals surface area (Å²) in [4.78, 5) is 35.9. The van der Waals surface area contributed by atoms with Crippen molar-refractivity contribution in [2.45, 2.75) is 45.2 Å². The monoisotopic (exact) mass is 618 g/mol. The largest absolute Gasteiger partial charge is 0.333 e. The quantitative estimate of drug-likeness (QED) is 0.251. The summed E-state index contributed by atoms with van der Waals surface area (Å²) in [6, 6.07) is 9.73. The molecule has 5 aromatic rings. The summed E-state index contributed by atoms with van der Waals surface area (Å²) in [6.07, 6.45) is 10.2. The molecule has 10 nitrogen and oxygen atoms in total. The lowest BCUT2D eigenvalue weighted by molar-refractivity contribution is -0.119. The fourth-order valence-electron chi connectivity index (χ4n) is 5.61. The van der Waals surface area contributed by atoms with Gasteiger partial charge in [0.05, 0.1) is 47.5 Å². The number of carbonyl (C=O) groups is 1. The number of anilines is 1. The summed E-state index contributed by atoms with van der Waals surface area (Å²) in [5.41, 5.74) is 4.37. The van der Waals surface area contributed by atoms with Gasteiger partial charge in [-0.3, -0.25) is 23.8 Å². The van der Waals surface area contributed by atoms with Gasteiger partial charge in [0.1, 0.15) is 0 Å². The van der Waals surface area contributed by atoms with Gasteiger partial charge in [0, 0.05) is 53.1 Å². The van der Waals surface area contributed by atoms with Gasteiger partial charge in [-0.2, -0.15) is 19.0 Å². The zero-order valence-electron chi connectivity index (χ0n) is 24.0. The van der Waals surface area contributed by atoms with Gasteiger partial charge in [0.15, 0.2) is 0 Å². The van der Waals surface area contributed by atoms with E-state index in [4.69, 9.17) is 11.6 Å². The third-order valence-electron chi connectivity index (χ3n) is 7.95. The summed E-state index contributed by atoms with van der Waals surface area (Å²) < 4.78 is 30.2. The van der Waals surface area contributed by atoms with E-state index < -0.39 is 12.6 Å². The normalized spacial score (nSPS) is 17.4. The summed E-state index contributed by atoms with van der Waals surface area (Å²) in [5.74, 6) is -0.269. The molecule has 0 radical (unpaired) electrons. The third kappa shape index (κ3) is 5.77. The van der Waals surface area contributed by atoms with Crippen molar-refractivity contribution >= 4 is 23.2 Å². The smallest absolute Gasteiger partial charge is 0.323 e. The number of rotatable bonds is 4. The molecule has 1 N–H and O–H groups in total. The molecule has 2 atom stereocenters. The number of nitrogens with one attached hydrogen (secondary N) is 1. The number of alkyl halides is 2. The molecule has 1 amide bonds. The van der Waals surface area contributed by atoms with Crippen molar-refractivity contribution in [2.75, 3.05) is 5.32 Å². The van der Waals surface area contributed by atoms with Crippen molar-refractivity contribution in [1.29, 1.82) is 0 Å². The predicted molar refractivity (Wildman–Crippen MR) is 162 cm³/mol. The first-order valence-corrected chi connectivity index (χ1v) is 14.6. The van der Waals surface area contributed by atoms with Crippen molar-refractivity contribution in [1.82, 2.24) is 34.1 Å². The first-order chi connectivity index (χ1) is 21.2. The predicted octanol–water partition coefficient (Wildman–Crippen LogP) is 6.36. The highest BCUT2D eigenvalue weighted by Crippen LogP contribution is 2.35. The van der Waals surface area contributed by atoms with E-state index in [1.165, 1.54) is 24.8 Å². The van der Waals surface area contributed by atoms with E-state index in [9.17, 15) is 18.4 Å². The first kappa shape index (κ1) is 29.4. The van der Waals surface area contributed by atoms with Gasteiger partial charge in [-0.1, -0.05) is 37.4 Å². The van der Waals surface area contributed by atoms with E-state index in [0.29, 0.717) is 56.3 Å².